The average molecular weight is 210 g/mol. The molecule has 0 spiro atoms. The summed E-state index contributed by atoms with van der Waals surface area (Å²) in [5, 5.41) is 3.65. The van der Waals surface area contributed by atoms with E-state index in [1.807, 2.05) is 0 Å². The molecule has 2 aliphatic carbocycles. The Bertz CT molecular complexity index is 195. The molecule has 2 rings (SSSR count). The minimum absolute atomic E-state index is 0.723. The van der Waals surface area contributed by atoms with Gasteiger partial charge in [-0.15, -0.1) is 0 Å². The second-order valence-corrected chi connectivity index (χ2v) is 5.85. The van der Waals surface area contributed by atoms with Crippen molar-refractivity contribution in [3.05, 3.63) is 0 Å². The maximum atomic E-state index is 3.65. The van der Waals surface area contributed by atoms with Crippen molar-refractivity contribution < 1.29 is 0 Å². The third-order valence-corrected chi connectivity index (χ3v) is 3.44. The fraction of sp³-hybridized carbons (Fsp3) is 1.00. The molecule has 88 valence electrons. The van der Waals surface area contributed by atoms with Gasteiger partial charge in [-0.2, -0.15) is 0 Å². The Morgan fingerprint density at radius 3 is 2.27 bits per heavy atom. The molecule has 0 saturated heterocycles. The third-order valence-electron chi connectivity index (χ3n) is 3.44. The predicted octanol–water partition coefficient (Wildman–Crippen LogP) is 2.25. The summed E-state index contributed by atoms with van der Waals surface area (Å²) >= 11 is 0. The Labute approximate surface area is 94.4 Å². The molecule has 1 unspecified atom stereocenters. The van der Waals surface area contributed by atoms with Crippen LogP contribution in [0, 0.1) is 5.92 Å². The second-order valence-electron chi connectivity index (χ2n) is 5.85. The van der Waals surface area contributed by atoms with Gasteiger partial charge in [0, 0.05) is 31.2 Å². The van der Waals surface area contributed by atoms with Gasteiger partial charge in [-0.3, -0.25) is 4.90 Å². The summed E-state index contributed by atoms with van der Waals surface area (Å²) in [6.45, 7) is 9.51. The molecule has 0 aromatic heterocycles. The summed E-state index contributed by atoms with van der Waals surface area (Å²) in [6, 6.07) is 2.48. The molecular formula is C13H26N2. The SMILES string of the molecule is CC(C)CN(C(C)CNC1CC1)C1CC1. The Balaban J connectivity index is 1.74. The van der Waals surface area contributed by atoms with E-state index in [-0.39, 0.29) is 0 Å². The van der Waals surface area contributed by atoms with Crippen molar-refractivity contribution in [1.82, 2.24) is 10.2 Å². The van der Waals surface area contributed by atoms with Crippen LogP contribution < -0.4 is 5.32 Å². The molecule has 2 nitrogen and oxygen atoms in total. The molecule has 0 aromatic rings. The molecule has 2 heteroatoms. The largest absolute Gasteiger partial charge is 0.312 e. The monoisotopic (exact) mass is 210 g/mol. The summed E-state index contributed by atoms with van der Waals surface area (Å²) < 4.78 is 0. The first-order chi connectivity index (χ1) is 7.16. The predicted molar refractivity (Wildman–Crippen MR) is 65.1 cm³/mol. The van der Waals surface area contributed by atoms with Crippen LogP contribution in [0.15, 0.2) is 0 Å². The van der Waals surface area contributed by atoms with Gasteiger partial charge in [0.15, 0.2) is 0 Å². The van der Waals surface area contributed by atoms with E-state index in [9.17, 15) is 0 Å². The zero-order valence-electron chi connectivity index (χ0n) is 10.5. The lowest BCUT2D eigenvalue weighted by molar-refractivity contribution is 0.173. The number of hydrogen-bond donors (Lipinski definition) is 1. The molecule has 0 amide bonds. The lowest BCUT2D eigenvalue weighted by Gasteiger charge is -2.31. The van der Waals surface area contributed by atoms with Crippen molar-refractivity contribution in [2.24, 2.45) is 5.92 Å². The van der Waals surface area contributed by atoms with E-state index in [0.29, 0.717) is 0 Å². The molecule has 2 fully saturated rings. The second kappa shape index (κ2) is 4.84. The van der Waals surface area contributed by atoms with Crippen LogP contribution in [0.3, 0.4) is 0 Å². The van der Waals surface area contributed by atoms with Crippen LogP contribution in [0.25, 0.3) is 0 Å². The van der Waals surface area contributed by atoms with Crippen LogP contribution >= 0.6 is 0 Å². The van der Waals surface area contributed by atoms with Gasteiger partial charge in [0.1, 0.15) is 0 Å². The molecule has 2 aliphatic rings. The molecule has 2 saturated carbocycles. The quantitative estimate of drug-likeness (QED) is 0.693. The number of hydrogen-bond acceptors (Lipinski definition) is 2. The number of nitrogens with one attached hydrogen (secondary N) is 1. The Hall–Kier alpha value is -0.0800. The van der Waals surface area contributed by atoms with Crippen LogP contribution in [-0.2, 0) is 0 Å². The highest BCUT2D eigenvalue weighted by molar-refractivity contribution is 4.90. The van der Waals surface area contributed by atoms with E-state index in [1.54, 1.807) is 0 Å². The van der Waals surface area contributed by atoms with Crippen molar-refractivity contribution >= 4 is 0 Å². The molecule has 15 heavy (non-hydrogen) atoms. The lowest BCUT2D eigenvalue weighted by atomic mass is 10.1. The highest BCUT2D eigenvalue weighted by Gasteiger charge is 2.32. The van der Waals surface area contributed by atoms with E-state index >= 15 is 0 Å². The van der Waals surface area contributed by atoms with E-state index in [2.05, 4.69) is 31.0 Å². The van der Waals surface area contributed by atoms with Crippen LogP contribution in [0.5, 0.6) is 0 Å². The molecule has 1 atom stereocenters. The van der Waals surface area contributed by atoms with Crippen molar-refractivity contribution in [2.45, 2.75) is 64.6 Å². The lowest BCUT2D eigenvalue weighted by Crippen LogP contribution is -2.44. The van der Waals surface area contributed by atoms with Crippen molar-refractivity contribution in [1.29, 1.82) is 0 Å². The van der Waals surface area contributed by atoms with Crippen LogP contribution in [0.2, 0.25) is 0 Å². The van der Waals surface area contributed by atoms with Crippen LogP contribution in [-0.4, -0.2) is 36.1 Å². The molecule has 0 heterocycles. The van der Waals surface area contributed by atoms with E-state index in [1.165, 1.54) is 38.8 Å². The highest BCUT2D eigenvalue weighted by Crippen LogP contribution is 2.29. The summed E-state index contributed by atoms with van der Waals surface area (Å²) in [5.74, 6) is 0.800. The zero-order chi connectivity index (χ0) is 10.8. The normalized spacial score (nSPS) is 23.8. The first kappa shape index (κ1) is 11.4. The van der Waals surface area contributed by atoms with E-state index in [4.69, 9.17) is 0 Å². The van der Waals surface area contributed by atoms with Crippen molar-refractivity contribution in [2.75, 3.05) is 13.1 Å². The average Bonchev–Trinajstić information content (AvgIpc) is 3.02. The van der Waals surface area contributed by atoms with Gasteiger partial charge in [-0.1, -0.05) is 13.8 Å². The first-order valence-corrected chi connectivity index (χ1v) is 6.66. The van der Waals surface area contributed by atoms with Gasteiger partial charge in [0.2, 0.25) is 0 Å². The topological polar surface area (TPSA) is 15.3 Å². The minimum Gasteiger partial charge on any atom is -0.312 e. The molecule has 0 aliphatic heterocycles. The van der Waals surface area contributed by atoms with Crippen molar-refractivity contribution in [3.63, 3.8) is 0 Å². The fourth-order valence-corrected chi connectivity index (χ4v) is 2.26. The molecular weight excluding hydrogens is 184 g/mol. The summed E-state index contributed by atoms with van der Waals surface area (Å²) in [6.07, 6.45) is 5.67. The third kappa shape index (κ3) is 3.76. The van der Waals surface area contributed by atoms with Gasteiger partial charge in [-0.05, 0) is 38.5 Å². The zero-order valence-corrected chi connectivity index (χ0v) is 10.5. The first-order valence-electron chi connectivity index (χ1n) is 6.66. The molecule has 1 N–H and O–H groups in total. The number of rotatable bonds is 7. The van der Waals surface area contributed by atoms with Crippen molar-refractivity contribution in [3.8, 4) is 0 Å². The van der Waals surface area contributed by atoms with Gasteiger partial charge < -0.3 is 5.32 Å². The Kier molecular flexibility index (Phi) is 3.68. The van der Waals surface area contributed by atoms with Crippen LogP contribution in [0.1, 0.15) is 46.5 Å². The summed E-state index contributed by atoms with van der Waals surface area (Å²) in [7, 11) is 0. The van der Waals surface area contributed by atoms with Gasteiger partial charge >= 0.3 is 0 Å². The highest BCUT2D eigenvalue weighted by atomic mass is 15.2. The number of nitrogens with zero attached hydrogens (tertiary/aromatic N) is 1. The molecule has 0 radical (unpaired) electrons. The Morgan fingerprint density at radius 2 is 1.80 bits per heavy atom. The Morgan fingerprint density at radius 1 is 1.13 bits per heavy atom. The summed E-state index contributed by atoms with van der Waals surface area (Å²) in [5.41, 5.74) is 0. The van der Waals surface area contributed by atoms with E-state index < -0.39 is 0 Å². The van der Waals surface area contributed by atoms with Gasteiger partial charge in [0.05, 0.1) is 0 Å². The van der Waals surface area contributed by atoms with E-state index in [0.717, 1.165) is 24.0 Å². The minimum atomic E-state index is 0.723. The molecule has 0 aromatic carbocycles. The smallest absolute Gasteiger partial charge is 0.0195 e. The fourth-order valence-electron chi connectivity index (χ4n) is 2.26. The van der Waals surface area contributed by atoms with Crippen LogP contribution in [0.4, 0.5) is 0 Å². The summed E-state index contributed by atoms with van der Waals surface area (Å²) in [4.78, 5) is 2.72. The van der Waals surface area contributed by atoms with Gasteiger partial charge in [0.25, 0.3) is 0 Å². The maximum absolute atomic E-state index is 3.65. The molecule has 0 bridgehead atoms. The maximum Gasteiger partial charge on any atom is 0.0195 e. The van der Waals surface area contributed by atoms with Gasteiger partial charge in [-0.25, -0.2) is 0 Å². The standard InChI is InChI=1S/C13H26N2/c1-10(2)9-15(13-6-7-13)11(3)8-14-12-4-5-12/h10-14H,4-9H2,1-3H3.